The normalized spacial score (nSPS) is 26.1. The van der Waals surface area contributed by atoms with Gasteiger partial charge in [0.25, 0.3) is 0 Å². The Hall–Kier alpha value is -1.52. The first-order valence-corrected chi connectivity index (χ1v) is 6.13. The van der Waals surface area contributed by atoms with Crippen molar-refractivity contribution in [1.29, 1.82) is 0 Å². The summed E-state index contributed by atoms with van der Waals surface area (Å²) in [7, 11) is 3.75. The number of nitrogens with zero attached hydrogens (tertiary/aromatic N) is 4. The van der Waals surface area contributed by atoms with Crippen molar-refractivity contribution in [1.82, 2.24) is 19.8 Å². The molecule has 1 aliphatic heterocycles. The molecule has 0 spiro atoms. The lowest BCUT2D eigenvalue weighted by molar-refractivity contribution is 0.189. The molecule has 0 aromatic carbocycles. The van der Waals surface area contributed by atoms with E-state index in [2.05, 4.69) is 31.7 Å². The highest BCUT2D eigenvalue weighted by atomic mass is 15.3. The number of piperidine rings is 1. The zero-order valence-electron chi connectivity index (χ0n) is 10.8. The van der Waals surface area contributed by atoms with E-state index < -0.39 is 0 Å². The van der Waals surface area contributed by atoms with Crippen LogP contribution in [0.1, 0.15) is 19.4 Å². The number of hydrogen-bond donors (Lipinski definition) is 1. The number of imidazole rings is 1. The van der Waals surface area contributed by atoms with E-state index in [1.54, 1.807) is 0 Å². The predicted octanol–water partition coefficient (Wildman–Crippen LogP) is 0.971. The third kappa shape index (κ3) is 2.43. The van der Waals surface area contributed by atoms with Crippen LogP contribution in [0.15, 0.2) is 23.7 Å². The second-order valence-electron chi connectivity index (χ2n) is 4.59. The van der Waals surface area contributed by atoms with E-state index in [0.717, 1.165) is 19.0 Å². The molecule has 0 amide bonds. The number of nitrogens with one attached hydrogen (secondary N) is 1. The van der Waals surface area contributed by atoms with E-state index in [9.17, 15) is 0 Å². The van der Waals surface area contributed by atoms with Crippen molar-refractivity contribution in [3.05, 3.63) is 18.7 Å². The quantitative estimate of drug-likeness (QED) is 0.583. The summed E-state index contributed by atoms with van der Waals surface area (Å²) in [4.78, 5) is 10.7. The van der Waals surface area contributed by atoms with E-state index >= 15 is 0 Å². The highest BCUT2D eigenvalue weighted by Gasteiger charge is 2.28. The van der Waals surface area contributed by atoms with Gasteiger partial charge >= 0.3 is 0 Å². The molecule has 1 saturated heterocycles. The van der Waals surface area contributed by atoms with Crippen LogP contribution in [0.25, 0.3) is 0 Å². The van der Waals surface area contributed by atoms with E-state index in [1.807, 2.05) is 32.8 Å². The van der Waals surface area contributed by atoms with Crippen LogP contribution in [0.5, 0.6) is 0 Å². The molecular weight excluding hydrogens is 214 g/mol. The maximum atomic E-state index is 4.28. The fraction of sp³-hybridized carbons (Fsp3) is 0.667. The molecule has 2 heterocycles. The molecule has 2 rings (SSSR count). The first-order valence-electron chi connectivity index (χ1n) is 6.13. The summed E-state index contributed by atoms with van der Waals surface area (Å²) in [6.07, 6.45) is 6.99. The third-order valence-corrected chi connectivity index (χ3v) is 3.56. The van der Waals surface area contributed by atoms with Gasteiger partial charge in [0, 0.05) is 39.6 Å². The van der Waals surface area contributed by atoms with Crippen LogP contribution < -0.4 is 5.32 Å². The van der Waals surface area contributed by atoms with Crippen LogP contribution in [-0.2, 0) is 0 Å². The molecule has 0 radical (unpaired) electrons. The first kappa shape index (κ1) is 12.0. The van der Waals surface area contributed by atoms with Crippen molar-refractivity contribution >= 4 is 5.96 Å². The summed E-state index contributed by atoms with van der Waals surface area (Å²) in [5.41, 5.74) is 0. The Kier molecular flexibility index (Phi) is 3.66. The van der Waals surface area contributed by atoms with Crippen molar-refractivity contribution < 1.29 is 0 Å². The number of rotatable bonds is 1. The van der Waals surface area contributed by atoms with Crippen LogP contribution in [0, 0.1) is 5.92 Å². The van der Waals surface area contributed by atoms with Crippen molar-refractivity contribution in [2.75, 3.05) is 27.2 Å². The third-order valence-electron chi connectivity index (χ3n) is 3.56. The van der Waals surface area contributed by atoms with Gasteiger partial charge in [0.15, 0.2) is 5.96 Å². The predicted molar refractivity (Wildman–Crippen MR) is 69.0 cm³/mol. The Morgan fingerprint density at radius 2 is 2.35 bits per heavy atom. The molecule has 1 N–H and O–H groups in total. The van der Waals surface area contributed by atoms with Gasteiger partial charge in [-0.05, 0) is 12.3 Å². The Bertz CT molecular complexity index is 370. The van der Waals surface area contributed by atoms with E-state index in [4.69, 9.17) is 0 Å². The van der Waals surface area contributed by atoms with Crippen LogP contribution in [0.4, 0.5) is 0 Å². The largest absolute Gasteiger partial charge is 0.359 e. The maximum absolute atomic E-state index is 4.28. The molecule has 1 aromatic rings. The molecular formula is C12H21N5. The summed E-state index contributed by atoms with van der Waals surface area (Å²) < 4.78 is 2.21. The Morgan fingerprint density at radius 1 is 1.53 bits per heavy atom. The van der Waals surface area contributed by atoms with Gasteiger partial charge in [-0.15, -0.1) is 0 Å². The summed E-state index contributed by atoms with van der Waals surface area (Å²) in [6.45, 7) is 4.37. The number of hydrogen-bond acceptors (Lipinski definition) is 2. The average Bonchev–Trinajstić information content (AvgIpc) is 2.86. The van der Waals surface area contributed by atoms with Gasteiger partial charge in [-0.3, -0.25) is 4.99 Å². The second-order valence-corrected chi connectivity index (χ2v) is 4.59. The Labute approximate surface area is 103 Å². The van der Waals surface area contributed by atoms with Crippen molar-refractivity contribution in [2.45, 2.75) is 19.4 Å². The average molecular weight is 235 g/mol. The van der Waals surface area contributed by atoms with Gasteiger partial charge in [0.1, 0.15) is 0 Å². The van der Waals surface area contributed by atoms with Crippen molar-refractivity contribution in [3.63, 3.8) is 0 Å². The number of aliphatic imine (C=N–C) groups is 1. The minimum absolute atomic E-state index is 0.483. The highest BCUT2D eigenvalue weighted by Crippen LogP contribution is 2.27. The Morgan fingerprint density at radius 3 is 2.94 bits per heavy atom. The zero-order valence-corrected chi connectivity index (χ0v) is 10.8. The number of likely N-dealkylation sites (tertiary alicyclic amines) is 1. The smallest absolute Gasteiger partial charge is 0.193 e. The lowest BCUT2D eigenvalue weighted by atomic mass is 9.93. The molecule has 5 heteroatoms. The second kappa shape index (κ2) is 5.21. The molecule has 17 heavy (non-hydrogen) atoms. The van der Waals surface area contributed by atoms with Crippen LogP contribution in [0.3, 0.4) is 0 Å². The Balaban J connectivity index is 2.12. The molecule has 2 unspecified atom stereocenters. The fourth-order valence-electron chi connectivity index (χ4n) is 2.51. The van der Waals surface area contributed by atoms with E-state index in [-0.39, 0.29) is 0 Å². The maximum Gasteiger partial charge on any atom is 0.193 e. The van der Waals surface area contributed by atoms with Gasteiger partial charge < -0.3 is 14.8 Å². The number of guanidine groups is 1. The highest BCUT2D eigenvalue weighted by molar-refractivity contribution is 5.79. The lowest BCUT2D eigenvalue weighted by Gasteiger charge is -2.38. The molecule has 0 bridgehead atoms. The minimum atomic E-state index is 0.483. The summed E-state index contributed by atoms with van der Waals surface area (Å²) >= 11 is 0. The van der Waals surface area contributed by atoms with Crippen LogP contribution >= 0.6 is 0 Å². The standard InChI is InChI=1S/C12H21N5/c1-10-4-6-16(12(13-2)14-3)8-11(10)17-7-5-15-9-17/h5,7,9-11H,4,6,8H2,1-3H3,(H,13,14). The zero-order chi connectivity index (χ0) is 12.3. The lowest BCUT2D eigenvalue weighted by Crippen LogP contribution is -2.48. The molecule has 1 aromatic heterocycles. The molecule has 5 nitrogen and oxygen atoms in total. The van der Waals surface area contributed by atoms with Gasteiger partial charge in [0.2, 0.25) is 0 Å². The van der Waals surface area contributed by atoms with Crippen LogP contribution in [0.2, 0.25) is 0 Å². The molecule has 0 aliphatic carbocycles. The van der Waals surface area contributed by atoms with Gasteiger partial charge in [-0.25, -0.2) is 4.98 Å². The molecule has 1 aliphatic rings. The topological polar surface area (TPSA) is 45.5 Å². The monoisotopic (exact) mass is 235 g/mol. The van der Waals surface area contributed by atoms with Crippen molar-refractivity contribution in [2.24, 2.45) is 10.9 Å². The van der Waals surface area contributed by atoms with Crippen LogP contribution in [-0.4, -0.2) is 47.6 Å². The minimum Gasteiger partial charge on any atom is -0.359 e. The van der Waals surface area contributed by atoms with Crippen molar-refractivity contribution in [3.8, 4) is 0 Å². The molecule has 94 valence electrons. The first-order chi connectivity index (χ1) is 8.26. The molecule has 2 atom stereocenters. The SMILES string of the molecule is CN=C(NC)N1CCC(C)C(n2ccnc2)C1. The number of aromatic nitrogens is 2. The van der Waals surface area contributed by atoms with E-state index in [1.165, 1.54) is 6.42 Å². The summed E-state index contributed by atoms with van der Waals surface area (Å²) in [5.74, 6) is 1.65. The molecule has 0 saturated carbocycles. The van der Waals surface area contributed by atoms with Gasteiger partial charge in [-0.1, -0.05) is 6.92 Å². The summed E-state index contributed by atoms with van der Waals surface area (Å²) in [6, 6.07) is 0.483. The fourth-order valence-corrected chi connectivity index (χ4v) is 2.51. The molecule has 1 fully saturated rings. The van der Waals surface area contributed by atoms with Gasteiger partial charge in [-0.2, -0.15) is 0 Å². The van der Waals surface area contributed by atoms with E-state index in [0.29, 0.717) is 12.0 Å². The summed E-state index contributed by atoms with van der Waals surface area (Å²) in [5, 5.41) is 3.15. The van der Waals surface area contributed by atoms with Gasteiger partial charge in [0.05, 0.1) is 12.4 Å².